The zero-order valence-electron chi connectivity index (χ0n) is 8.42. The van der Waals surface area contributed by atoms with Crippen molar-refractivity contribution in [3.8, 4) is 0 Å². The Morgan fingerprint density at radius 3 is 2.08 bits per heavy atom. The maximum atomic E-state index is 10.7. The summed E-state index contributed by atoms with van der Waals surface area (Å²) in [5, 5.41) is 9.28. The Morgan fingerprint density at radius 1 is 1.42 bits per heavy atom. The zero-order valence-corrected chi connectivity index (χ0v) is 8.42. The van der Waals surface area contributed by atoms with Crippen molar-refractivity contribution in [2.75, 3.05) is 0 Å². The summed E-state index contributed by atoms with van der Waals surface area (Å²) in [6.07, 6.45) is -0.473. The second kappa shape index (κ2) is 3.90. The number of hydrogen-bond donors (Lipinski definition) is 1. The minimum Gasteiger partial charge on any atom is -0.459 e. The molecule has 0 radical (unpaired) electrons. The Morgan fingerprint density at radius 2 is 1.83 bits per heavy atom. The number of carbonyl (C=O) groups is 1. The molecule has 12 heavy (non-hydrogen) atoms. The molecule has 0 fully saturated rings. The van der Waals surface area contributed by atoms with E-state index in [2.05, 4.69) is 0 Å². The normalized spacial score (nSPS) is 16.8. The number of ether oxygens (including phenoxy) is 1. The third-order valence-electron chi connectivity index (χ3n) is 2.23. The van der Waals surface area contributed by atoms with E-state index in [1.54, 1.807) is 20.8 Å². The smallest absolute Gasteiger partial charge is 0.303 e. The number of aliphatic hydroxyl groups excluding tert-OH is 1. The Kier molecular flexibility index (Phi) is 3.71. The van der Waals surface area contributed by atoms with Gasteiger partial charge in [0.05, 0.1) is 6.10 Å². The molecule has 0 aliphatic carbocycles. The number of esters is 1. The minimum atomic E-state index is -0.597. The van der Waals surface area contributed by atoms with Gasteiger partial charge < -0.3 is 9.84 Å². The molecule has 72 valence electrons. The van der Waals surface area contributed by atoms with E-state index in [0.717, 1.165) is 0 Å². The molecule has 0 saturated heterocycles. The molecule has 0 saturated carbocycles. The topological polar surface area (TPSA) is 46.5 Å². The van der Waals surface area contributed by atoms with Gasteiger partial charge in [-0.2, -0.15) is 0 Å². The van der Waals surface area contributed by atoms with Crippen molar-refractivity contribution in [1.29, 1.82) is 0 Å². The molecule has 3 heteroatoms. The summed E-state index contributed by atoms with van der Waals surface area (Å²) in [4.78, 5) is 10.7. The third kappa shape index (κ3) is 3.22. The maximum Gasteiger partial charge on any atom is 0.303 e. The molecule has 0 aromatic carbocycles. The monoisotopic (exact) mass is 174 g/mol. The second-order valence-corrected chi connectivity index (χ2v) is 3.73. The highest BCUT2D eigenvalue weighted by atomic mass is 16.6. The van der Waals surface area contributed by atoms with Crippen LogP contribution >= 0.6 is 0 Å². The predicted molar refractivity (Wildman–Crippen MR) is 46.7 cm³/mol. The maximum absolute atomic E-state index is 10.7. The van der Waals surface area contributed by atoms with Crippen LogP contribution in [0.5, 0.6) is 0 Å². The molecular weight excluding hydrogens is 156 g/mol. The van der Waals surface area contributed by atoms with Gasteiger partial charge in [-0.3, -0.25) is 4.79 Å². The summed E-state index contributed by atoms with van der Waals surface area (Å²) in [6, 6.07) is 0. The van der Waals surface area contributed by atoms with Crippen LogP contribution in [-0.2, 0) is 9.53 Å². The molecule has 2 atom stereocenters. The van der Waals surface area contributed by atoms with Gasteiger partial charge in [0.25, 0.3) is 0 Å². The lowest BCUT2D eigenvalue weighted by molar-refractivity contribution is -0.161. The quantitative estimate of drug-likeness (QED) is 0.657. The summed E-state index contributed by atoms with van der Waals surface area (Å²) >= 11 is 0. The van der Waals surface area contributed by atoms with Gasteiger partial charge in [-0.15, -0.1) is 0 Å². The van der Waals surface area contributed by atoms with Gasteiger partial charge in [0.15, 0.2) is 0 Å². The lowest BCUT2D eigenvalue weighted by Gasteiger charge is -2.32. The van der Waals surface area contributed by atoms with E-state index >= 15 is 0 Å². The first-order chi connectivity index (χ1) is 5.27. The molecule has 0 aliphatic rings. The van der Waals surface area contributed by atoms with Crippen molar-refractivity contribution < 1.29 is 14.6 Å². The molecule has 0 aliphatic heterocycles. The van der Waals surface area contributed by atoms with Crippen molar-refractivity contribution in [2.45, 2.75) is 46.3 Å². The summed E-state index contributed by atoms with van der Waals surface area (Å²) in [5.74, 6) is -0.381. The summed E-state index contributed by atoms with van der Waals surface area (Å²) < 4.78 is 5.06. The van der Waals surface area contributed by atoms with E-state index in [0.29, 0.717) is 0 Å². The Hall–Kier alpha value is -0.570. The first kappa shape index (κ1) is 11.4. The van der Waals surface area contributed by atoms with E-state index in [1.807, 2.05) is 6.92 Å². The lowest BCUT2D eigenvalue weighted by Crippen LogP contribution is -2.39. The van der Waals surface area contributed by atoms with Crippen molar-refractivity contribution in [2.24, 2.45) is 5.92 Å². The van der Waals surface area contributed by atoms with E-state index in [9.17, 15) is 9.90 Å². The average Bonchev–Trinajstić information content (AvgIpc) is 1.82. The summed E-state index contributed by atoms with van der Waals surface area (Å²) in [7, 11) is 0. The van der Waals surface area contributed by atoms with Gasteiger partial charge in [0.2, 0.25) is 0 Å². The van der Waals surface area contributed by atoms with Crippen LogP contribution in [-0.4, -0.2) is 22.8 Å². The van der Waals surface area contributed by atoms with Crippen LogP contribution in [0.3, 0.4) is 0 Å². The Balaban J connectivity index is 4.28. The highest BCUT2D eigenvalue weighted by Gasteiger charge is 2.31. The average molecular weight is 174 g/mol. The summed E-state index contributed by atoms with van der Waals surface area (Å²) in [6.45, 7) is 8.51. The number of hydrogen-bond acceptors (Lipinski definition) is 3. The Labute approximate surface area is 73.7 Å². The molecule has 0 bridgehead atoms. The first-order valence-corrected chi connectivity index (χ1v) is 4.15. The van der Waals surface area contributed by atoms with E-state index in [1.165, 1.54) is 6.92 Å². The molecule has 3 nitrogen and oxygen atoms in total. The molecule has 0 spiro atoms. The summed E-state index contributed by atoms with van der Waals surface area (Å²) in [5.41, 5.74) is -0.597. The zero-order chi connectivity index (χ0) is 9.94. The van der Waals surface area contributed by atoms with Gasteiger partial charge >= 0.3 is 5.97 Å². The fourth-order valence-electron chi connectivity index (χ4n) is 1.04. The highest BCUT2D eigenvalue weighted by molar-refractivity contribution is 5.66. The van der Waals surface area contributed by atoms with Crippen molar-refractivity contribution in [3.63, 3.8) is 0 Å². The molecule has 0 aromatic rings. The van der Waals surface area contributed by atoms with Gasteiger partial charge in [-0.05, 0) is 20.8 Å². The highest BCUT2D eigenvalue weighted by Crippen LogP contribution is 2.23. The Bertz CT molecular complexity index is 161. The molecule has 1 N–H and O–H groups in total. The van der Waals surface area contributed by atoms with Crippen molar-refractivity contribution in [1.82, 2.24) is 0 Å². The van der Waals surface area contributed by atoms with Crippen LogP contribution in [0.1, 0.15) is 34.6 Å². The number of carbonyl (C=O) groups excluding carboxylic acids is 1. The fourth-order valence-corrected chi connectivity index (χ4v) is 1.04. The lowest BCUT2D eigenvalue weighted by atomic mass is 9.88. The van der Waals surface area contributed by atoms with Gasteiger partial charge in [-0.25, -0.2) is 0 Å². The molecular formula is C9H18O3. The number of aliphatic hydroxyl groups is 1. The predicted octanol–water partition coefficient (Wildman–Crippen LogP) is 1.34. The van der Waals surface area contributed by atoms with Gasteiger partial charge in [0.1, 0.15) is 5.60 Å². The molecule has 2 unspecified atom stereocenters. The van der Waals surface area contributed by atoms with Crippen LogP contribution < -0.4 is 0 Å². The molecule has 0 rings (SSSR count). The van der Waals surface area contributed by atoms with Gasteiger partial charge in [-0.1, -0.05) is 6.92 Å². The number of rotatable bonds is 3. The van der Waals surface area contributed by atoms with Gasteiger partial charge in [0, 0.05) is 12.8 Å². The van der Waals surface area contributed by atoms with Crippen molar-refractivity contribution >= 4 is 5.97 Å². The van der Waals surface area contributed by atoms with Crippen molar-refractivity contribution in [3.05, 3.63) is 0 Å². The van der Waals surface area contributed by atoms with Crippen LogP contribution in [0, 0.1) is 5.92 Å². The third-order valence-corrected chi connectivity index (χ3v) is 2.23. The fraction of sp³-hybridized carbons (Fsp3) is 0.889. The molecule has 0 amide bonds. The van der Waals surface area contributed by atoms with Crippen LogP contribution in [0.15, 0.2) is 0 Å². The molecule has 0 heterocycles. The first-order valence-electron chi connectivity index (χ1n) is 4.15. The van der Waals surface area contributed by atoms with Crippen LogP contribution in [0.4, 0.5) is 0 Å². The molecule has 0 aromatic heterocycles. The minimum absolute atomic E-state index is 0.0681. The van der Waals surface area contributed by atoms with Crippen LogP contribution in [0.25, 0.3) is 0 Å². The SMILES string of the molecule is CC(=O)OC(C)(C)C(C)C(C)O. The van der Waals surface area contributed by atoms with E-state index in [-0.39, 0.29) is 11.9 Å². The van der Waals surface area contributed by atoms with E-state index < -0.39 is 11.7 Å². The van der Waals surface area contributed by atoms with Crippen LogP contribution in [0.2, 0.25) is 0 Å². The van der Waals surface area contributed by atoms with E-state index in [4.69, 9.17) is 4.74 Å². The standard InChI is InChI=1S/C9H18O3/c1-6(7(2)10)9(4,5)12-8(3)11/h6-7,10H,1-5H3. The second-order valence-electron chi connectivity index (χ2n) is 3.73. The largest absolute Gasteiger partial charge is 0.459 e.